The van der Waals surface area contributed by atoms with Gasteiger partial charge in [-0.25, -0.2) is 13.6 Å². The summed E-state index contributed by atoms with van der Waals surface area (Å²) in [6.45, 7) is 1.71. The smallest absolute Gasteiger partial charge is 0.488 e. The fraction of sp³-hybridized carbons (Fsp3) is 0.158. The molecule has 0 bridgehead atoms. The molecule has 0 aliphatic carbocycles. The van der Waals surface area contributed by atoms with Gasteiger partial charge in [-0.3, -0.25) is 4.68 Å². The van der Waals surface area contributed by atoms with Crippen LogP contribution in [0.25, 0.3) is 0 Å². The quantitative estimate of drug-likeness (QED) is 0.537. The molecule has 146 valence electrons. The highest BCUT2D eigenvalue weighted by atomic mass is 79.9. The topological polar surface area (TPSA) is 73.6 Å². The van der Waals surface area contributed by atoms with Gasteiger partial charge in [0.15, 0.2) is 0 Å². The van der Waals surface area contributed by atoms with Crippen molar-refractivity contribution in [2.75, 3.05) is 0 Å². The summed E-state index contributed by atoms with van der Waals surface area (Å²) in [6.07, 6.45) is -1.46. The van der Waals surface area contributed by atoms with Gasteiger partial charge in [0.1, 0.15) is 24.0 Å². The molecule has 0 aliphatic rings. The van der Waals surface area contributed by atoms with Crippen molar-refractivity contribution >= 4 is 22.1 Å². The van der Waals surface area contributed by atoms with E-state index in [1.54, 1.807) is 25.1 Å². The molecule has 0 spiro atoms. The Morgan fingerprint density at radius 3 is 2.61 bits per heavy atom. The largest absolute Gasteiger partial charge is 0.512 e. The highest BCUT2D eigenvalue weighted by Gasteiger charge is 2.14. The van der Waals surface area contributed by atoms with E-state index in [1.807, 2.05) is 0 Å². The van der Waals surface area contributed by atoms with Crippen molar-refractivity contribution in [3.05, 3.63) is 75.4 Å². The van der Waals surface area contributed by atoms with Gasteiger partial charge in [-0.05, 0) is 37.3 Å². The zero-order valence-corrected chi connectivity index (χ0v) is 16.2. The Bertz CT molecular complexity index is 1000. The summed E-state index contributed by atoms with van der Waals surface area (Å²) >= 11 is 3.38. The third-order valence-electron chi connectivity index (χ3n) is 3.93. The van der Waals surface area contributed by atoms with E-state index < -0.39 is 17.8 Å². The highest BCUT2D eigenvalue weighted by molar-refractivity contribution is 9.10. The van der Waals surface area contributed by atoms with Crippen molar-refractivity contribution in [1.82, 2.24) is 9.78 Å². The molecule has 1 heterocycles. The monoisotopic (exact) mass is 452 g/mol. The molecule has 3 rings (SSSR count). The molecule has 0 atom stereocenters. The summed E-state index contributed by atoms with van der Waals surface area (Å²) in [6, 6.07) is 10.3. The number of carboxylic acid groups (broad SMARTS) is 1. The van der Waals surface area contributed by atoms with Crippen LogP contribution in [0.1, 0.15) is 16.8 Å². The summed E-state index contributed by atoms with van der Waals surface area (Å²) in [5.74, 6) is -0.994. The van der Waals surface area contributed by atoms with E-state index in [0.717, 1.165) is 4.47 Å². The number of hydrogen-bond acceptors (Lipinski definition) is 4. The summed E-state index contributed by atoms with van der Waals surface area (Å²) in [4.78, 5) is 10.7. The Labute approximate surface area is 167 Å². The first-order valence-electron chi connectivity index (χ1n) is 8.13. The Kier molecular flexibility index (Phi) is 5.93. The number of ether oxygens (including phenoxy) is 2. The van der Waals surface area contributed by atoms with Crippen LogP contribution in [0, 0.1) is 18.6 Å². The molecule has 1 N–H and O–H groups in total. The Hall–Kier alpha value is -2.94. The van der Waals surface area contributed by atoms with E-state index in [-0.39, 0.29) is 24.6 Å². The second-order valence-electron chi connectivity index (χ2n) is 5.89. The molecule has 0 amide bonds. The summed E-state index contributed by atoms with van der Waals surface area (Å²) in [7, 11) is 0. The van der Waals surface area contributed by atoms with Crippen molar-refractivity contribution in [2.45, 2.75) is 20.1 Å². The Morgan fingerprint density at radius 1 is 1.21 bits per heavy atom. The van der Waals surface area contributed by atoms with Gasteiger partial charge in [0.25, 0.3) is 0 Å². The molecule has 1 aromatic heterocycles. The number of hydrogen-bond donors (Lipinski definition) is 1. The molecule has 6 nitrogen and oxygen atoms in total. The van der Waals surface area contributed by atoms with Gasteiger partial charge in [0.05, 0.1) is 12.1 Å². The standard InChI is InChI=1S/C19H15BrF2N2O4/c1-11-7-18(28-19(25)26)23-24(11)9-12-8-13(20)5-6-17(12)27-10-14-15(21)3-2-4-16(14)22/h2-8H,9-10H2,1H3,(H,25,26). The SMILES string of the molecule is Cc1cc(OC(=O)O)nn1Cc1cc(Br)ccc1OCc1c(F)cccc1F. The van der Waals surface area contributed by atoms with E-state index >= 15 is 0 Å². The number of nitrogens with zero attached hydrogens (tertiary/aromatic N) is 2. The van der Waals surface area contributed by atoms with Crippen molar-refractivity contribution in [2.24, 2.45) is 0 Å². The number of halogens is 3. The van der Waals surface area contributed by atoms with Crippen LogP contribution >= 0.6 is 15.9 Å². The van der Waals surface area contributed by atoms with Gasteiger partial charge in [0, 0.05) is 21.8 Å². The van der Waals surface area contributed by atoms with Gasteiger partial charge >= 0.3 is 6.16 Å². The zero-order valence-electron chi connectivity index (χ0n) is 14.7. The van der Waals surface area contributed by atoms with Crippen molar-refractivity contribution in [3.8, 4) is 11.6 Å². The fourth-order valence-electron chi connectivity index (χ4n) is 2.57. The van der Waals surface area contributed by atoms with Gasteiger partial charge in [0.2, 0.25) is 5.88 Å². The summed E-state index contributed by atoms with van der Waals surface area (Å²) in [5, 5.41) is 12.8. The van der Waals surface area contributed by atoms with Crippen LogP contribution in [0.4, 0.5) is 13.6 Å². The number of benzene rings is 2. The number of rotatable bonds is 6. The van der Waals surface area contributed by atoms with Crippen molar-refractivity contribution < 1.29 is 28.2 Å². The minimum absolute atomic E-state index is 0.0455. The molecule has 9 heteroatoms. The van der Waals surface area contributed by atoms with E-state index in [0.29, 0.717) is 17.0 Å². The maximum Gasteiger partial charge on any atom is 0.512 e. The van der Waals surface area contributed by atoms with Crippen molar-refractivity contribution in [3.63, 3.8) is 0 Å². The molecule has 28 heavy (non-hydrogen) atoms. The number of aryl methyl sites for hydroxylation is 1. The molecule has 0 unspecified atom stereocenters. The second-order valence-corrected chi connectivity index (χ2v) is 6.81. The average molecular weight is 453 g/mol. The molecule has 3 aromatic rings. The van der Waals surface area contributed by atoms with Crippen LogP contribution in [0.3, 0.4) is 0 Å². The maximum atomic E-state index is 13.8. The summed E-state index contributed by atoms with van der Waals surface area (Å²) in [5.41, 5.74) is 1.19. The molecule has 0 aliphatic heterocycles. The third-order valence-corrected chi connectivity index (χ3v) is 4.42. The van der Waals surface area contributed by atoms with Gasteiger partial charge in [-0.1, -0.05) is 22.0 Å². The van der Waals surface area contributed by atoms with Crippen LogP contribution in [-0.2, 0) is 13.2 Å². The van der Waals surface area contributed by atoms with E-state index in [2.05, 4.69) is 25.8 Å². The fourth-order valence-corrected chi connectivity index (χ4v) is 2.98. The van der Waals surface area contributed by atoms with Crippen molar-refractivity contribution in [1.29, 1.82) is 0 Å². The van der Waals surface area contributed by atoms with Gasteiger partial charge < -0.3 is 14.6 Å². The van der Waals surface area contributed by atoms with Crippen LogP contribution in [0.15, 0.2) is 46.9 Å². The minimum Gasteiger partial charge on any atom is -0.488 e. The lowest BCUT2D eigenvalue weighted by Gasteiger charge is -2.14. The average Bonchev–Trinajstić information content (AvgIpc) is 2.94. The zero-order chi connectivity index (χ0) is 20.3. The lowest BCUT2D eigenvalue weighted by molar-refractivity contribution is 0.142. The molecular formula is C19H15BrF2N2O4. The first-order chi connectivity index (χ1) is 13.3. The first-order valence-corrected chi connectivity index (χ1v) is 8.92. The van der Waals surface area contributed by atoms with Crippen LogP contribution in [-0.4, -0.2) is 21.0 Å². The molecule has 0 saturated carbocycles. The van der Waals surface area contributed by atoms with Crippen LogP contribution in [0.2, 0.25) is 0 Å². The van der Waals surface area contributed by atoms with E-state index in [4.69, 9.17) is 9.84 Å². The Morgan fingerprint density at radius 2 is 1.93 bits per heavy atom. The predicted molar refractivity (Wildman–Crippen MR) is 99.6 cm³/mol. The minimum atomic E-state index is -1.46. The summed E-state index contributed by atoms with van der Waals surface area (Å²) < 4.78 is 40.2. The van der Waals surface area contributed by atoms with Gasteiger partial charge in [-0.2, -0.15) is 0 Å². The highest BCUT2D eigenvalue weighted by Crippen LogP contribution is 2.27. The number of aromatic nitrogens is 2. The predicted octanol–water partition coefficient (Wildman–Crippen LogP) is 4.92. The molecular weight excluding hydrogens is 438 g/mol. The van der Waals surface area contributed by atoms with Crippen LogP contribution in [0.5, 0.6) is 11.6 Å². The van der Waals surface area contributed by atoms with Crippen LogP contribution < -0.4 is 9.47 Å². The maximum absolute atomic E-state index is 13.8. The lowest BCUT2D eigenvalue weighted by atomic mass is 10.2. The molecule has 0 radical (unpaired) electrons. The first kappa shape index (κ1) is 19.8. The second kappa shape index (κ2) is 8.39. The molecule has 0 fully saturated rings. The Balaban J connectivity index is 1.83. The number of carbonyl (C=O) groups is 1. The van der Waals surface area contributed by atoms with E-state index in [1.165, 1.54) is 28.9 Å². The lowest BCUT2D eigenvalue weighted by Crippen LogP contribution is -2.08. The normalized spacial score (nSPS) is 10.7. The third kappa shape index (κ3) is 4.66. The van der Waals surface area contributed by atoms with Gasteiger partial charge in [-0.15, -0.1) is 5.10 Å². The van der Waals surface area contributed by atoms with E-state index in [9.17, 15) is 13.6 Å². The molecule has 2 aromatic carbocycles. The molecule has 0 saturated heterocycles.